The monoisotopic (exact) mass is 225 g/mol. The maximum atomic E-state index is 8.44. The minimum atomic E-state index is 0.632. The Hall–Kier alpha value is -2.08. The highest BCUT2D eigenvalue weighted by molar-refractivity contribution is 5.61. The van der Waals surface area contributed by atoms with Crippen LogP contribution in [0.15, 0.2) is 42.7 Å². The second kappa shape index (κ2) is 5.86. The maximum absolute atomic E-state index is 8.44. The molecule has 0 radical (unpaired) electrons. The minimum Gasteiger partial charge on any atom is -0.272 e. The Balaban J connectivity index is 1.95. The Kier molecular flexibility index (Phi) is 3.93. The molecule has 3 nitrogen and oxygen atoms in total. The third-order valence-corrected chi connectivity index (χ3v) is 2.67. The van der Waals surface area contributed by atoms with Gasteiger partial charge < -0.3 is 0 Å². The molecular weight excluding hydrogens is 210 g/mol. The van der Waals surface area contributed by atoms with Gasteiger partial charge in [0.15, 0.2) is 0 Å². The van der Waals surface area contributed by atoms with Gasteiger partial charge in [-0.05, 0) is 18.4 Å². The van der Waals surface area contributed by atoms with Crippen molar-refractivity contribution >= 4 is 0 Å². The zero-order chi connectivity index (χ0) is 11.9. The van der Waals surface area contributed by atoms with Crippen LogP contribution in [-0.2, 0) is 6.54 Å². The first kappa shape index (κ1) is 11.4. The van der Waals surface area contributed by atoms with Crippen molar-refractivity contribution in [1.82, 2.24) is 9.78 Å². The third-order valence-electron chi connectivity index (χ3n) is 2.67. The van der Waals surface area contributed by atoms with Gasteiger partial charge in [-0.25, -0.2) is 0 Å². The molecule has 0 atom stereocenters. The predicted molar refractivity (Wildman–Crippen MR) is 67.1 cm³/mol. The van der Waals surface area contributed by atoms with Crippen molar-refractivity contribution in [2.45, 2.75) is 25.8 Å². The van der Waals surface area contributed by atoms with Crippen molar-refractivity contribution in [3.05, 3.63) is 42.7 Å². The molecule has 0 saturated heterocycles. The highest BCUT2D eigenvalue weighted by Gasteiger charge is 2.00. The van der Waals surface area contributed by atoms with Gasteiger partial charge in [-0.3, -0.25) is 4.68 Å². The second-order valence-electron chi connectivity index (χ2n) is 3.97. The summed E-state index contributed by atoms with van der Waals surface area (Å²) in [6.45, 7) is 0.883. The van der Waals surface area contributed by atoms with E-state index >= 15 is 0 Å². The number of aryl methyl sites for hydroxylation is 1. The number of benzene rings is 1. The summed E-state index contributed by atoms with van der Waals surface area (Å²) < 4.78 is 1.94. The Labute approximate surface area is 101 Å². The summed E-state index contributed by atoms with van der Waals surface area (Å²) in [6.07, 6.45) is 6.52. The minimum absolute atomic E-state index is 0.632. The van der Waals surface area contributed by atoms with Gasteiger partial charge in [-0.1, -0.05) is 30.3 Å². The van der Waals surface area contributed by atoms with Crippen molar-refractivity contribution in [2.24, 2.45) is 0 Å². The summed E-state index contributed by atoms with van der Waals surface area (Å²) in [6, 6.07) is 12.4. The average molecular weight is 225 g/mol. The zero-order valence-electron chi connectivity index (χ0n) is 9.71. The van der Waals surface area contributed by atoms with Gasteiger partial charge in [0.1, 0.15) is 0 Å². The first-order valence-electron chi connectivity index (χ1n) is 5.85. The average Bonchev–Trinajstić information content (AvgIpc) is 2.85. The van der Waals surface area contributed by atoms with Crippen molar-refractivity contribution in [3.63, 3.8) is 0 Å². The first-order chi connectivity index (χ1) is 8.40. The van der Waals surface area contributed by atoms with Gasteiger partial charge in [-0.15, -0.1) is 0 Å². The molecule has 0 fully saturated rings. The van der Waals surface area contributed by atoms with E-state index in [1.807, 2.05) is 29.1 Å². The van der Waals surface area contributed by atoms with Gasteiger partial charge in [0.2, 0.25) is 0 Å². The molecule has 0 spiro atoms. The van der Waals surface area contributed by atoms with E-state index in [0.29, 0.717) is 6.42 Å². The lowest BCUT2D eigenvalue weighted by atomic mass is 10.1. The largest absolute Gasteiger partial charge is 0.272 e. The van der Waals surface area contributed by atoms with Gasteiger partial charge in [0, 0.05) is 24.7 Å². The van der Waals surface area contributed by atoms with Gasteiger partial charge >= 0.3 is 0 Å². The molecule has 0 amide bonds. The lowest BCUT2D eigenvalue weighted by molar-refractivity contribution is 0.562. The summed E-state index contributed by atoms with van der Waals surface area (Å²) in [7, 11) is 0. The Morgan fingerprint density at radius 1 is 1.12 bits per heavy atom. The van der Waals surface area contributed by atoms with E-state index in [2.05, 4.69) is 29.5 Å². The lowest BCUT2D eigenvalue weighted by Crippen LogP contribution is -1.97. The van der Waals surface area contributed by atoms with Crippen LogP contribution in [0, 0.1) is 11.3 Å². The highest BCUT2D eigenvalue weighted by Crippen LogP contribution is 2.17. The number of rotatable bonds is 5. The van der Waals surface area contributed by atoms with Crippen LogP contribution in [0.25, 0.3) is 11.1 Å². The topological polar surface area (TPSA) is 41.6 Å². The maximum Gasteiger partial charge on any atom is 0.0621 e. The Morgan fingerprint density at radius 3 is 2.71 bits per heavy atom. The number of aromatic nitrogens is 2. The SMILES string of the molecule is N#CCCCCn1cc(-c2ccccc2)cn1. The molecule has 3 heteroatoms. The van der Waals surface area contributed by atoms with Crippen molar-refractivity contribution < 1.29 is 0 Å². The zero-order valence-corrected chi connectivity index (χ0v) is 9.71. The van der Waals surface area contributed by atoms with Crippen LogP contribution in [0.3, 0.4) is 0 Å². The third kappa shape index (κ3) is 3.18. The van der Waals surface area contributed by atoms with E-state index < -0.39 is 0 Å². The van der Waals surface area contributed by atoms with Crippen molar-refractivity contribution in [2.75, 3.05) is 0 Å². The quantitative estimate of drug-likeness (QED) is 0.733. The van der Waals surface area contributed by atoms with Crippen LogP contribution in [0.4, 0.5) is 0 Å². The van der Waals surface area contributed by atoms with Gasteiger partial charge in [0.25, 0.3) is 0 Å². The molecule has 2 aromatic rings. The molecule has 0 saturated carbocycles. The van der Waals surface area contributed by atoms with E-state index in [9.17, 15) is 0 Å². The molecule has 0 N–H and O–H groups in total. The predicted octanol–water partition coefficient (Wildman–Crippen LogP) is 3.24. The molecule has 0 aliphatic carbocycles. The normalized spacial score (nSPS) is 10.1. The standard InChI is InChI=1S/C14H15N3/c15-9-5-2-6-10-17-12-14(11-16-17)13-7-3-1-4-8-13/h1,3-4,7-8,11-12H,2,5-6,10H2. The van der Waals surface area contributed by atoms with E-state index in [1.165, 1.54) is 5.56 Å². The number of unbranched alkanes of at least 4 members (excludes halogenated alkanes) is 2. The second-order valence-corrected chi connectivity index (χ2v) is 3.97. The number of nitrogens with zero attached hydrogens (tertiary/aromatic N) is 3. The summed E-state index contributed by atoms with van der Waals surface area (Å²) in [5.41, 5.74) is 2.33. The van der Waals surface area contributed by atoms with Gasteiger partial charge in [-0.2, -0.15) is 10.4 Å². The molecule has 0 unspecified atom stereocenters. The highest BCUT2D eigenvalue weighted by atomic mass is 15.3. The first-order valence-corrected chi connectivity index (χ1v) is 5.85. The van der Waals surface area contributed by atoms with Crippen LogP contribution in [0.2, 0.25) is 0 Å². The van der Waals surface area contributed by atoms with Crippen LogP contribution in [0.1, 0.15) is 19.3 Å². The molecule has 0 aliphatic rings. The van der Waals surface area contributed by atoms with Crippen molar-refractivity contribution in [3.8, 4) is 17.2 Å². The van der Waals surface area contributed by atoms with Crippen molar-refractivity contribution in [1.29, 1.82) is 5.26 Å². The summed E-state index contributed by atoms with van der Waals surface area (Å²) in [5, 5.41) is 12.8. The molecule has 1 aromatic heterocycles. The number of hydrogen-bond donors (Lipinski definition) is 0. The molecule has 0 aliphatic heterocycles. The van der Waals surface area contributed by atoms with E-state index in [0.717, 1.165) is 24.9 Å². The fourth-order valence-corrected chi connectivity index (χ4v) is 1.74. The van der Waals surface area contributed by atoms with E-state index in [1.54, 1.807) is 0 Å². The Morgan fingerprint density at radius 2 is 1.94 bits per heavy atom. The molecule has 2 rings (SSSR count). The molecule has 1 heterocycles. The van der Waals surface area contributed by atoms with E-state index in [4.69, 9.17) is 5.26 Å². The molecule has 17 heavy (non-hydrogen) atoms. The van der Waals surface area contributed by atoms with Crippen LogP contribution < -0.4 is 0 Å². The number of nitriles is 1. The Bertz CT molecular complexity index is 494. The van der Waals surface area contributed by atoms with Gasteiger partial charge in [0.05, 0.1) is 12.3 Å². The molecule has 1 aromatic carbocycles. The van der Waals surface area contributed by atoms with E-state index in [-0.39, 0.29) is 0 Å². The molecule has 86 valence electrons. The van der Waals surface area contributed by atoms with Crippen LogP contribution in [-0.4, -0.2) is 9.78 Å². The molecular formula is C14H15N3. The summed E-state index contributed by atoms with van der Waals surface area (Å²) in [5.74, 6) is 0. The van der Waals surface area contributed by atoms with Crippen LogP contribution in [0.5, 0.6) is 0 Å². The van der Waals surface area contributed by atoms with Crippen LogP contribution >= 0.6 is 0 Å². The number of hydrogen-bond acceptors (Lipinski definition) is 2. The summed E-state index contributed by atoms with van der Waals surface area (Å²) in [4.78, 5) is 0. The fourth-order valence-electron chi connectivity index (χ4n) is 1.74. The molecule has 0 bridgehead atoms. The lowest BCUT2D eigenvalue weighted by Gasteiger charge is -1.98. The fraction of sp³-hybridized carbons (Fsp3) is 0.286. The summed E-state index contributed by atoms with van der Waals surface area (Å²) >= 11 is 0. The smallest absolute Gasteiger partial charge is 0.0621 e.